The van der Waals surface area contributed by atoms with E-state index in [1.165, 1.54) is 45.4 Å². The van der Waals surface area contributed by atoms with Gasteiger partial charge < -0.3 is 15.0 Å². The van der Waals surface area contributed by atoms with Gasteiger partial charge in [-0.3, -0.25) is 9.59 Å². The zero-order chi connectivity index (χ0) is 20.6. The van der Waals surface area contributed by atoms with Crippen LogP contribution in [0.4, 0.5) is 0 Å². The van der Waals surface area contributed by atoms with E-state index in [1.807, 2.05) is 36.2 Å². The second-order valence-corrected chi connectivity index (χ2v) is 9.90. The van der Waals surface area contributed by atoms with E-state index in [0.717, 1.165) is 35.6 Å². The normalized spacial score (nSPS) is 30.7. The van der Waals surface area contributed by atoms with Crippen LogP contribution in [0.25, 0.3) is 0 Å². The van der Waals surface area contributed by atoms with Gasteiger partial charge in [0, 0.05) is 20.5 Å². The molecular weight excluding hydrogens is 364 g/mol. The van der Waals surface area contributed by atoms with Gasteiger partial charge in [-0.05, 0) is 79.4 Å². The highest BCUT2D eigenvalue weighted by molar-refractivity contribution is 5.79. The summed E-state index contributed by atoms with van der Waals surface area (Å²) in [5, 5.41) is 2.95. The zero-order valence-corrected chi connectivity index (χ0v) is 17.9. The molecule has 0 heterocycles. The van der Waals surface area contributed by atoms with Gasteiger partial charge in [0.2, 0.25) is 11.8 Å². The number of rotatable bonds is 7. The monoisotopic (exact) mass is 398 g/mol. The maximum atomic E-state index is 13.1. The fourth-order valence-electron chi connectivity index (χ4n) is 6.74. The van der Waals surface area contributed by atoms with Crippen LogP contribution in [-0.4, -0.2) is 37.4 Å². The molecule has 29 heavy (non-hydrogen) atoms. The Kier molecular flexibility index (Phi) is 5.58. The van der Waals surface area contributed by atoms with E-state index in [9.17, 15) is 9.59 Å². The number of ether oxygens (including phenoxy) is 1. The third kappa shape index (κ3) is 4.44. The van der Waals surface area contributed by atoms with Crippen LogP contribution in [0.5, 0.6) is 5.75 Å². The molecule has 1 atom stereocenters. The number of benzene rings is 1. The highest BCUT2D eigenvalue weighted by atomic mass is 16.5. The SMILES string of the molecule is COc1ccc(C(CC(=O)N(C)CC23CC4CC(CC(C4)C2)C3)NC(C)=O)cc1. The van der Waals surface area contributed by atoms with Gasteiger partial charge in [-0.15, -0.1) is 0 Å². The first-order valence-corrected chi connectivity index (χ1v) is 11.0. The molecule has 4 aliphatic carbocycles. The standard InChI is InChI=1S/C24H34N2O3/c1-16(27)25-22(20-4-6-21(29-3)7-5-20)11-23(28)26(2)15-24-12-17-8-18(13-24)10-19(9-17)14-24/h4-7,17-19,22H,8-15H2,1-3H3,(H,25,27). The minimum absolute atomic E-state index is 0.107. The topological polar surface area (TPSA) is 58.6 Å². The van der Waals surface area contributed by atoms with Crippen LogP contribution in [0.1, 0.15) is 63.5 Å². The van der Waals surface area contributed by atoms with Gasteiger partial charge in [0.15, 0.2) is 0 Å². The third-order valence-electron chi connectivity index (χ3n) is 7.44. The fourth-order valence-corrected chi connectivity index (χ4v) is 6.74. The van der Waals surface area contributed by atoms with Gasteiger partial charge in [0.1, 0.15) is 5.75 Å². The van der Waals surface area contributed by atoms with Gasteiger partial charge in [-0.2, -0.15) is 0 Å². The Hall–Kier alpha value is -2.04. The lowest BCUT2D eigenvalue weighted by Crippen LogP contribution is -2.51. The molecule has 5 nitrogen and oxygen atoms in total. The number of nitrogens with zero attached hydrogens (tertiary/aromatic N) is 1. The van der Waals surface area contributed by atoms with Crippen molar-refractivity contribution in [3.63, 3.8) is 0 Å². The summed E-state index contributed by atoms with van der Waals surface area (Å²) in [5.41, 5.74) is 1.26. The van der Waals surface area contributed by atoms with Crippen LogP contribution in [0.15, 0.2) is 24.3 Å². The van der Waals surface area contributed by atoms with E-state index in [1.54, 1.807) is 7.11 Å². The summed E-state index contributed by atoms with van der Waals surface area (Å²) < 4.78 is 5.22. The van der Waals surface area contributed by atoms with Crippen molar-refractivity contribution in [3.8, 4) is 5.75 Å². The molecule has 158 valence electrons. The summed E-state index contributed by atoms with van der Waals surface area (Å²) in [5.74, 6) is 3.40. The molecule has 4 saturated carbocycles. The molecule has 5 heteroatoms. The number of carbonyl (C=O) groups is 2. The number of methoxy groups -OCH3 is 1. The number of nitrogens with one attached hydrogen (secondary N) is 1. The zero-order valence-electron chi connectivity index (χ0n) is 17.9. The summed E-state index contributed by atoms with van der Waals surface area (Å²) in [6.07, 6.45) is 8.42. The van der Waals surface area contributed by atoms with Crippen molar-refractivity contribution in [2.45, 2.75) is 57.9 Å². The lowest BCUT2D eigenvalue weighted by molar-refractivity contribution is -0.136. The Morgan fingerprint density at radius 3 is 2.14 bits per heavy atom. The molecule has 0 saturated heterocycles. The molecule has 0 radical (unpaired) electrons. The second-order valence-electron chi connectivity index (χ2n) is 9.90. The quantitative estimate of drug-likeness (QED) is 0.757. The van der Waals surface area contributed by atoms with Crippen LogP contribution in [-0.2, 0) is 9.59 Å². The Morgan fingerprint density at radius 2 is 1.66 bits per heavy atom. The predicted octanol–water partition coefficient (Wildman–Crippen LogP) is 3.94. The van der Waals surface area contributed by atoms with E-state index in [2.05, 4.69) is 5.32 Å². The lowest BCUT2D eigenvalue weighted by atomic mass is 9.49. The number of hydrogen-bond donors (Lipinski definition) is 1. The fraction of sp³-hybridized carbons (Fsp3) is 0.667. The van der Waals surface area contributed by atoms with Crippen LogP contribution >= 0.6 is 0 Å². The molecule has 0 aliphatic heterocycles. The average Bonchev–Trinajstić information content (AvgIpc) is 2.65. The molecular formula is C24H34N2O3. The molecule has 1 N–H and O–H groups in total. The highest BCUT2D eigenvalue weighted by Gasteiger charge is 2.51. The van der Waals surface area contributed by atoms with Crippen molar-refractivity contribution in [3.05, 3.63) is 29.8 Å². The van der Waals surface area contributed by atoms with Crippen molar-refractivity contribution >= 4 is 11.8 Å². The van der Waals surface area contributed by atoms with Crippen molar-refractivity contribution in [1.82, 2.24) is 10.2 Å². The Labute approximate surface area is 174 Å². The average molecular weight is 399 g/mol. The summed E-state index contributed by atoms with van der Waals surface area (Å²) in [6.45, 7) is 2.37. The Bertz CT molecular complexity index is 723. The molecule has 4 aliphatic rings. The van der Waals surface area contributed by atoms with E-state index >= 15 is 0 Å². The first kappa shape index (κ1) is 20.2. The smallest absolute Gasteiger partial charge is 0.224 e. The van der Waals surface area contributed by atoms with Crippen molar-refractivity contribution in [2.24, 2.45) is 23.2 Å². The van der Waals surface area contributed by atoms with Gasteiger partial charge in [-0.1, -0.05) is 12.1 Å². The lowest BCUT2D eigenvalue weighted by Gasteiger charge is -2.57. The van der Waals surface area contributed by atoms with Gasteiger partial charge in [-0.25, -0.2) is 0 Å². The van der Waals surface area contributed by atoms with Gasteiger partial charge in [0.25, 0.3) is 0 Å². The third-order valence-corrected chi connectivity index (χ3v) is 7.44. The molecule has 4 bridgehead atoms. The minimum atomic E-state index is -0.315. The van der Waals surface area contributed by atoms with Crippen LogP contribution in [0, 0.1) is 23.2 Å². The molecule has 1 unspecified atom stereocenters. The molecule has 2 amide bonds. The number of amides is 2. The van der Waals surface area contributed by atoms with Gasteiger partial charge >= 0.3 is 0 Å². The number of carbonyl (C=O) groups excluding carboxylic acids is 2. The largest absolute Gasteiger partial charge is 0.497 e. The Morgan fingerprint density at radius 1 is 1.10 bits per heavy atom. The van der Waals surface area contributed by atoms with Gasteiger partial charge in [0.05, 0.1) is 19.6 Å². The Balaban J connectivity index is 1.42. The van der Waals surface area contributed by atoms with E-state index in [0.29, 0.717) is 5.41 Å². The van der Waals surface area contributed by atoms with E-state index < -0.39 is 0 Å². The van der Waals surface area contributed by atoms with Crippen molar-refractivity contribution in [2.75, 3.05) is 20.7 Å². The molecule has 0 aromatic heterocycles. The molecule has 4 fully saturated rings. The summed E-state index contributed by atoms with van der Waals surface area (Å²) >= 11 is 0. The predicted molar refractivity (Wildman–Crippen MR) is 112 cm³/mol. The number of hydrogen-bond acceptors (Lipinski definition) is 3. The maximum Gasteiger partial charge on any atom is 0.224 e. The highest BCUT2D eigenvalue weighted by Crippen LogP contribution is 2.60. The van der Waals surface area contributed by atoms with Crippen molar-refractivity contribution in [1.29, 1.82) is 0 Å². The molecule has 5 rings (SSSR count). The van der Waals surface area contributed by atoms with Crippen molar-refractivity contribution < 1.29 is 14.3 Å². The molecule has 1 aromatic carbocycles. The van der Waals surface area contributed by atoms with E-state index in [-0.39, 0.29) is 24.3 Å². The summed E-state index contributed by atoms with van der Waals surface area (Å²) in [7, 11) is 3.57. The molecule has 1 aromatic rings. The van der Waals surface area contributed by atoms with E-state index in [4.69, 9.17) is 4.74 Å². The first-order chi connectivity index (χ1) is 13.9. The maximum absolute atomic E-state index is 13.1. The summed E-state index contributed by atoms with van der Waals surface area (Å²) in [6, 6.07) is 7.27. The first-order valence-electron chi connectivity index (χ1n) is 11.0. The van der Waals surface area contributed by atoms with Crippen LogP contribution in [0.3, 0.4) is 0 Å². The second kappa shape index (κ2) is 8.00. The summed E-state index contributed by atoms with van der Waals surface area (Å²) in [4.78, 5) is 26.8. The minimum Gasteiger partial charge on any atom is -0.497 e. The van der Waals surface area contributed by atoms with Crippen LogP contribution in [0.2, 0.25) is 0 Å². The van der Waals surface area contributed by atoms with Crippen LogP contribution < -0.4 is 10.1 Å². The molecule has 0 spiro atoms.